The number of nitrogens with one attached hydrogen (secondary N) is 1. The van der Waals surface area contributed by atoms with Crippen LogP contribution in [0.25, 0.3) is 0 Å². The summed E-state index contributed by atoms with van der Waals surface area (Å²) in [5.41, 5.74) is 0. The Hall–Kier alpha value is -1.73. The van der Waals surface area contributed by atoms with Crippen molar-refractivity contribution in [2.45, 2.75) is 6.92 Å². The van der Waals surface area contributed by atoms with Crippen LogP contribution in [0.3, 0.4) is 0 Å². The van der Waals surface area contributed by atoms with E-state index in [1.165, 1.54) is 0 Å². The molecule has 0 aliphatic heterocycles. The minimum Gasteiger partial charge on any atom is -0.484 e. The zero-order chi connectivity index (χ0) is 12.7. The van der Waals surface area contributed by atoms with Gasteiger partial charge in [0.15, 0.2) is 6.61 Å². The Kier molecular flexibility index (Phi) is 5.31. The molecule has 1 aromatic rings. The maximum absolute atomic E-state index is 11.3. The number of benzene rings is 1. The molecule has 90 valence electrons. The minimum atomic E-state index is -0.257. The Morgan fingerprint density at radius 3 is 3.06 bits per heavy atom. The second-order valence-corrected chi connectivity index (χ2v) is 4.02. The van der Waals surface area contributed by atoms with E-state index < -0.39 is 0 Å². The molecule has 0 bridgehead atoms. The van der Waals surface area contributed by atoms with E-state index in [-0.39, 0.29) is 18.4 Å². The van der Waals surface area contributed by atoms with Gasteiger partial charge in [0.1, 0.15) is 5.75 Å². The molecule has 5 heteroatoms. The predicted molar refractivity (Wildman–Crippen MR) is 64.7 cm³/mol. The van der Waals surface area contributed by atoms with Crippen LogP contribution in [0.1, 0.15) is 6.92 Å². The standard InChI is InChI=1S/C12H13ClN2O2/c1-9(6-14)7-15-12(16)8-17-11-4-2-3-10(13)5-11/h2-5,9H,7-8H2,1H3,(H,15,16). The van der Waals surface area contributed by atoms with Gasteiger partial charge in [0.05, 0.1) is 12.0 Å². The molecule has 0 spiro atoms. The molecule has 0 aliphatic carbocycles. The van der Waals surface area contributed by atoms with Crippen LogP contribution in [0.5, 0.6) is 5.75 Å². The van der Waals surface area contributed by atoms with Crippen LogP contribution in [-0.4, -0.2) is 19.1 Å². The molecule has 1 unspecified atom stereocenters. The van der Waals surface area contributed by atoms with E-state index in [0.717, 1.165) is 0 Å². The number of amides is 1. The molecule has 1 atom stereocenters. The summed E-state index contributed by atoms with van der Waals surface area (Å²) >= 11 is 5.77. The smallest absolute Gasteiger partial charge is 0.257 e. The number of ether oxygens (including phenoxy) is 1. The predicted octanol–water partition coefficient (Wildman–Crippen LogP) is 1.99. The number of halogens is 1. The summed E-state index contributed by atoms with van der Waals surface area (Å²) in [4.78, 5) is 11.3. The summed E-state index contributed by atoms with van der Waals surface area (Å²) in [7, 11) is 0. The van der Waals surface area contributed by atoms with Crippen LogP contribution in [0.15, 0.2) is 24.3 Å². The number of rotatable bonds is 5. The molecule has 17 heavy (non-hydrogen) atoms. The van der Waals surface area contributed by atoms with Crippen molar-refractivity contribution < 1.29 is 9.53 Å². The number of carbonyl (C=O) groups is 1. The van der Waals surface area contributed by atoms with Crippen LogP contribution >= 0.6 is 11.6 Å². The summed E-state index contributed by atoms with van der Waals surface area (Å²) in [6.07, 6.45) is 0. The van der Waals surface area contributed by atoms with E-state index >= 15 is 0 Å². The van der Waals surface area contributed by atoms with Crippen LogP contribution in [0.2, 0.25) is 5.02 Å². The SMILES string of the molecule is CC(C#N)CNC(=O)COc1cccc(Cl)c1. The van der Waals surface area contributed by atoms with Gasteiger partial charge in [-0.3, -0.25) is 4.79 Å². The van der Waals surface area contributed by atoms with E-state index in [4.69, 9.17) is 21.6 Å². The van der Waals surface area contributed by atoms with Crippen molar-refractivity contribution in [1.29, 1.82) is 5.26 Å². The lowest BCUT2D eigenvalue weighted by Crippen LogP contribution is -2.32. The highest BCUT2D eigenvalue weighted by Crippen LogP contribution is 2.16. The van der Waals surface area contributed by atoms with Crippen molar-refractivity contribution in [3.8, 4) is 11.8 Å². The Balaban J connectivity index is 2.31. The fraction of sp³-hybridized carbons (Fsp3) is 0.333. The maximum atomic E-state index is 11.3. The topological polar surface area (TPSA) is 62.1 Å². The van der Waals surface area contributed by atoms with Gasteiger partial charge in [-0.15, -0.1) is 0 Å². The number of hydrogen-bond acceptors (Lipinski definition) is 3. The molecule has 1 rings (SSSR count). The molecule has 0 heterocycles. The van der Waals surface area contributed by atoms with Gasteiger partial charge < -0.3 is 10.1 Å². The summed E-state index contributed by atoms with van der Waals surface area (Å²) in [6.45, 7) is 1.98. The van der Waals surface area contributed by atoms with Crippen LogP contribution < -0.4 is 10.1 Å². The third-order valence-corrected chi connectivity index (χ3v) is 2.23. The normalized spacial score (nSPS) is 11.4. The zero-order valence-electron chi connectivity index (χ0n) is 9.44. The third-order valence-electron chi connectivity index (χ3n) is 1.99. The molecule has 0 radical (unpaired) electrons. The second-order valence-electron chi connectivity index (χ2n) is 3.58. The van der Waals surface area contributed by atoms with Gasteiger partial charge in [0.2, 0.25) is 0 Å². The average Bonchev–Trinajstić information content (AvgIpc) is 2.33. The molecular weight excluding hydrogens is 240 g/mol. The van der Waals surface area contributed by atoms with E-state index in [9.17, 15) is 4.79 Å². The van der Waals surface area contributed by atoms with E-state index in [1.54, 1.807) is 31.2 Å². The molecule has 0 saturated heterocycles. The highest BCUT2D eigenvalue weighted by Gasteiger charge is 2.05. The first-order valence-corrected chi connectivity index (χ1v) is 5.54. The maximum Gasteiger partial charge on any atom is 0.257 e. The largest absolute Gasteiger partial charge is 0.484 e. The van der Waals surface area contributed by atoms with Gasteiger partial charge in [-0.2, -0.15) is 5.26 Å². The van der Waals surface area contributed by atoms with Crippen molar-refractivity contribution >= 4 is 17.5 Å². The van der Waals surface area contributed by atoms with Crippen molar-refractivity contribution in [3.05, 3.63) is 29.3 Å². The Labute approximate surface area is 105 Å². The number of nitrogens with zero attached hydrogens (tertiary/aromatic N) is 1. The first kappa shape index (κ1) is 13.3. The van der Waals surface area contributed by atoms with Crippen molar-refractivity contribution in [1.82, 2.24) is 5.32 Å². The minimum absolute atomic E-state index is 0.0848. The van der Waals surface area contributed by atoms with Gasteiger partial charge >= 0.3 is 0 Å². The van der Waals surface area contributed by atoms with Crippen LogP contribution in [-0.2, 0) is 4.79 Å². The number of carbonyl (C=O) groups excluding carboxylic acids is 1. The first-order chi connectivity index (χ1) is 8.11. The lowest BCUT2D eigenvalue weighted by molar-refractivity contribution is -0.123. The highest BCUT2D eigenvalue weighted by atomic mass is 35.5. The fourth-order valence-electron chi connectivity index (χ4n) is 1.07. The first-order valence-electron chi connectivity index (χ1n) is 5.16. The number of nitriles is 1. The van der Waals surface area contributed by atoms with Gasteiger partial charge in [0.25, 0.3) is 5.91 Å². The highest BCUT2D eigenvalue weighted by molar-refractivity contribution is 6.30. The monoisotopic (exact) mass is 252 g/mol. The molecule has 0 aromatic heterocycles. The second kappa shape index (κ2) is 6.77. The molecule has 0 fully saturated rings. The summed E-state index contributed by atoms with van der Waals surface area (Å²) in [6, 6.07) is 8.85. The molecule has 1 amide bonds. The lowest BCUT2D eigenvalue weighted by Gasteiger charge is -2.08. The van der Waals surface area contributed by atoms with Gasteiger partial charge in [-0.25, -0.2) is 0 Å². The van der Waals surface area contributed by atoms with E-state index in [0.29, 0.717) is 17.3 Å². The summed E-state index contributed by atoms with van der Waals surface area (Å²) in [5, 5.41) is 11.7. The Bertz CT molecular complexity index is 429. The number of hydrogen-bond donors (Lipinski definition) is 1. The summed E-state index contributed by atoms with van der Waals surface area (Å²) < 4.78 is 5.24. The van der Waals surface area contributed by atoms with Crippen molar-refractivity contribution in [2.24, 2.45) is 5.92 Å². The Morgan fingerprint density at radius 1 is 1.65 bits per heavy atom. The molecule has 1 aromatic carbocycles. The van der Waals surface area contributed by atoms with Crippen molar-refractivity contribution in [3.63, 3.8) is 0 Å². The Morgan fingerprint density at radius 2 is 2.41 bits per heavy atom. The fourth-order valence-corrected chi connectivity index (χ4v) is 1.25. The van der Waals surface area contributed by atoms with E-state index in [1.807, 2.05) is 6.07 Å². The molecule has 4 nitrogen and oxygen atoms in total. The van der Waals surface area contributed by atoms with Crippen LogP contribution in [0.4, 0.5) is 0 Å². The quantitative estimate of drug-likeness (QED) is 0.872. The average molecular weight is 253 g/mol. The van der Waals surface area contributed by atoms with Crippen LogP contribution in [0, 0.1) is 17.2 Å². The zero-order valence-corrected chi connectivity index (χ0v) is 10.2. The molecule has 1 N–H and O–H groups in total. The van der Waals surface area contributed by atoms with Crippen molar-refractivity contribution in [2.75, 3.05) is 13.2 Å². The molecular formula is C12H13ClN2O2. The molecule has 0 saturated carbocycles. The lowest BCUT2D eigenvalue weighted by atomic mass is 10.2. The molecule has 0 aliphatic rings. The summed E-state index contributed by atoms with van der Waals surface area (Å²) in [5.74, 6) is 0.0816. The van der Waals surface area contributed by atoms with Gasteiger partial charge in [0, 0.05) is 11.6 Å². The van der Waals surface area contributed by atoms with E-state index in [2.05, 4.69) is 5.32 Å². The van der Waals surface area contributed by atoms with Gasteiger partial charge in [-0.05, 0) is 25.1 Å². The third kappa shape index (κ3) is 5.23. The van der Waals surface area contributed by atoms with Gasteiger partial charge in [-0.1, -0.05) is 17.7 Å².